The highest BCUT2D eigenvalue weighted by atomic mass is 16.4. The van der Waals surface area contributed by atoms with Crippen LogP contribution < -0.4 is 4.90 Å². The third kappa shape index (κ3) is 3.92. The molecule has 1 heterocycles. The summed E-state index contributed by atoms with van der Waals surface area (Å²) in [4.78, 5) is 12.7. The van der Waals surface area contributed by atoms with Gasteiger partial charge in [0.25, 0.3) is 0 Å². The zero-order chi connectivity index (χ0) is 17.9. The summed E-state index contributed by atoms with van der Waals surface area (Å²) in [6.07, 6.45) is -4.88. The first-order chi connectivity index (χ1) is 11.3. The summed E-state index contributed by atoms with van der Waals surface area (Å²) in [6.45, 7) is -0.954. The smallest absolute Gasteiger partial charge is 0.333 e. The Bertz CT molecular complexity index is 618. The molecule has 0 aromatic heterocycles. The molecule has 1 aliphatic rings. The Morgan fingerprint density at radius 3 is 2.33 bits per heavy atom. The highest BCUT2D eigenvalue weighted by molar-refractivity contribution is 5.89. The molecular weight excluding hydrogens is 318 g/mol. The maximum Gasteiger partial charge on any atom is 0.333 e. The SMILES string of the molecule is O=C(O)C1=CN(CC(O)C(O)C(O)C(O)CO)c2ccccc2C1. The van der Waals surface area contributed by atoms with Gasteiger partial charge in [0.15, 0.2) is 0 Å². The molecule has 8 heteroatoms. The quantitative estimate of drug-likeness (QED) is 0.351. The molecule has 1 aromatic rings. The Morgan fingerprint density at radius 2 is 1.71 bits per heavy atom. The molecule has 0 saturated carbocycles. The highest BCUT2D eigenvalue weighted by Gasteiger charge is 2.32. The molecule has 0 aliphatic carbocycles. The van der Waals surface area contributed by atoms with E-state index in [-0.39, 0.29) is 18.5 Å². The monoisotopic (exact) mass is 339 g/mol. The van der Waals surface area contributed by atoms with Crippen molar-refractivity contribution in [1.82, 2.24) is 0 Å². The van der Waals surface area contributed by atoms with Gasteiger partial charge in [-0.05, 0) is 11.6 Å². The van der Waals surface area contributed by atoms with Gasteiger partial charge < -0.3 is 35.5 Å². The lowest BCUT2D eigenvalue weighted by Gasteiger charge is -2.33. The summed E-state index contributed by atoms with van der Waals surface area (Å²) in [5, 5.41) is 57.0. The number of anilines is 1. The lowest BCUT2D eigenvalue weighted by atomic mass is 9.98. The second kappa shape index (κ2) is 7.73. The van der Waals surface area contributed by atoms with Gasteiger partial charge in [0.2, 0.25) is 0 Å². The minimum Gasteiger partial charge on any atom is -0.478 e. The van der Waals surface area contributed by atoms with Crippen molar-refractivity contribution in [2.45, 2.75) is 30.8 Å². The number of carboxylic acids is 1. The molecule has 2 rings (SSSR count). The zero-order valence-electron chi connectivity index (χ0n) is 12.9. The number of nitrogens with zero attached hydrogens (tertiary/aromatic N) is 1. The number of aliphatic hydroxyl groups is 5. The fourth-order valence-electron chi connectivity index (χ4n) is 2.60. The van der Waals surface area contributed by atoms with Crippen LogP contribution in [0.1, 0.15) is 5.56 Å². The van der Waals surface area contributed by atoms with Crippen LogP contribution >= 0.6 is 0 Å². The Hall–Kier alpha value is -1.97. The van der Waals surface area contributed by atoms with Gasteiger partial charge in [0.05, 0.1) is 18.7 Å². The van der Waals surface area contributed by atoms with Crippen molar-refractivity contribution in [3.8, 4) is 0 Å². The first-order valence-corrected chi connectivity index (χ1v) is 7.46. The van der Waals surface area contributed by atoms with Crippen LogP contribution in [-0.2, 0) is 11.2 Å². The third-order valence-corrected chi connectivity index (χ3v) is 3.98. The number of para-hydroxylation sites is 1. The van der Waals surface area contributed by atoms with Gasteiger partial charge in [0, 0.05) is 18.3 Å². The predicted octanol–water partition coefficient (Wildman–Crippen LogP) is -1.55. The zero-order valence-corrected chi connectivity index (χ0v) is 12.9. The topological polar surface area (TPSA) is 142 Å². The normalized spacial score (nSPS) is 19.0. The van der Waals surface area contributed by atoms with E-state index in [0.717, 1.165) is 5.56 Å². The van der Waals surface area contributed by atoms with Crippen molar-refractivity contribution >= 4 is 11.7 Å². The molecule has 1 aliphatic heterocycles. The van der Waals surface area contributed by atoms with E-state index in [2.05, 4.69) is 0 Å². The van der Waals surface area contributed by atoms with E-state index in [4.69, 9.17) is 5.11 Å². The maximum absolute atomic E-state index is 11.3. The van der Waals surface area contributed by atoms with Crippen LogP contribution in [0.4, 0.5) is 5.69 Å². The van der Waals surface area contributed by atoms with E-state index >= 15 is 0 Å². The molecule has 4 atom stereocenters. The number of rotatable bonds is 7. The van der Waals surface area contributed by atoms with E-state index in [1.807, 2.05) is 0 Å². The summed E-state index contributed by atoms with van der Waals surface area (Å²) in [6, 6.07) is 7.06. The van der Waals surface area contributed by atoms with Gasteiger partial charge in [0.1, 0.15) is 24.4 Å². The first-order valence-electron chi connectivity index (χ1n) is 7.46. The summed E-state index contributed by atoms with van der Waals surface area (Å²) in [5.74, 6) is -1.08. The fourth-order valence-corrected chi connectivity index (χ4v) is 2.60. The van der Waals surface area contributed by atoms with Crippen molar-refractivity contribution in [2.75, 3.05) is 18.1 Å². The number of hydrogen-bond acceptors (Lipinski definition) is 7. The number of aliphatic hydroxyl groups excluding tert-OH is 5. The minimum absolute atomic E-state index is 0.131. The Kier molecular flexibility index (Phi) is 5.92. The fraction of sp³-hybridized carbons (Fsp3) is 0.438. The van der Waals surface area contributed by atoms with Crippen LogP contribution in [0.3, 0.4) is 0 Å². The summed E-state index contributed by atoms with van der Waals surface area (Å²) in [5.41, 5.74) is 1.58. The van der Waals surface area contributed by atoms with Crippen LogP contribution in [0.2, 0.25) is 0 Å². The van der Waals surface area contributed by atoms with Gasteiger partial charge in [-0.2, -0.15) is 0 Å². The van der Waals surface area contributed by atoms with Gasteiger partial charge >= 0.3 is 5.97 Å². The lowest BCUT2D eigenvalue weighted by molar-refractivity contribution is -0.132. The average Bonchev–Trinajstić information content (AvgIpc) is 2.59. The molecule has 1 aromatic carbocycles. The van der Waals surface area contributed by atoms with E-state index in [0.29, 0.717) is 5.69 Å². The standard InChI is InChI=1S/C16H21NO7/c18-8-13(20)15(22)14(21)12(19)7-17-6-10(16(23)24)5-9-3-1-2-4-11(9)17/h1-4,6,12-15,18-22H,5,7-8H2,(H,23,24). The molecule has 6 N–H and O–H groups in total. The van der Waals surface area contributed by atoms with E-state index in [1.54, 1.807) is 24.3 Å². The highest BCUT2D eigenvalue weighted by Crippen LogP contribution is 2.29. The van der Waals surface area contributed by atoms with Crippen molar-refractivity contribution in [3.63, 3.8) is 0 Å². The van der Waals surface area contributed by atoms with Crippen molar-refractivity contribution in [3.05, 3.63) is 41.6 Å². The molecule has 0 amide bonds. The van der Waals surface area contributed by atoms with E-state index in [1.165, 1.54) is 11.1 Å². The predicted molar refractivity (Wildman–Crippen MR) is 84.3 cm³/mol. The summed E-state index contributed by atoms with van der Waals surface area (Å²) >= 11 is 0. The molecule has 0 saturated heterocycles. The Labute approximate surface area is 138 Å². The molecule has 0 radical (unpaired) electrons. The number of benzene rings is 1. The number of hydrogen-bond donors (Lipinski definition) is 6. The van der Waals surface area contributed by atoms with E-state index in [9.17, 15) is 30.3 Å². The molecule has 24 heavy (non-hydrogen) atoms. The summed E-state index contributed by atoms with van der Waals surface area (Å²) < 4.78 is 0. The molecule has 0 spiro atoms. The van der Waals surface area contributed by atoms with Gasteiger partial charge in [-0.15, -0.1) is 0 Å². The Morgan fingerprint density at radius 1 is 1.08 bits per heavy atom. The first kappa shape index (κ1) is 18.4. The Balaban J connectivity index is 2.19. The number of carboxylic acid groups (broad SMARTS) is 1. The molecule has 4 unspecified atom stereocenters. The van der Waals surface area contributed by atoms with Crippen molar-refractivity contribution < 1.29 is 35.4 Å². The molecule has 0 bridgehead atoms. The number of aliphatic carboxylic acids is 1. The van der Waals surface area contributed by atoms with Crippen LogP contribution in [0, 0.1) is 0 Å². The number of fused-ring (bicyclic) bond motifs is 1. The van der Waals surface area contributed by atoms with Gasteiger partial charge in [-0.25, -0.2) is 4.79 Å². The largest absolute Gasteiger partial charge is 0.478 e. The number of β-amino-alcohol motifs (C(OH)–C–C–N with tert-alkyl or cyclic N) is 1. The molecular formula is C16H21NO7. The second-order valence-corrected chi connectivity index (χ2v) is 5.72. The second-order valence-electron chi connectivity index (χ2n) is 5.72. The van der Waals surface area contributed by atoms with Crippen molar-refractivity contribution in [2.24, 2.45) is 0 Å². The van der Waals surface area contributed by atoms with Gasteiger partial charge in [-0.3, -0.25) is 0 Å². The molecule has 132 valence electrons. The van der Waals surface area contributed by atoms with Crippen LogP contribution in [0.15, 0.2) is 36.0 Å². The third-order valence-electron chi connectivity index (χ3n) is 3.98. The van der Waals surface area contributed by atoms with E-state index < -0.39 is 37.0 Å². The van der Waals surface area contributed by atoms with Gasteiger partial charge in [-0.1, -0.05) is 18.2 Å². The van der Waals surface area contributed by atoms with Crippen LogP contribution in [0.5, 0.6) is 0 Å². The summed E-state index contributed by atoms with van der Waals surface area (Å²) in [7, 11) is 0. The van der Waals surface area contributed by atoms with Crippen molar-refractivity contribution in [1.29, 1.82) is 0 Å². The number of carbonyl (C=O) groups is 1. The molecule has 0 fully saturated rings. The lowest BCUT2D eigenvalue weighted by Crippen LogP contribution is -2.49. The van der Waals surface area contributed by atoms with Crippen LogP contribution in [-0.4, -0.2) is 74.2 Å². The maximum atomic E-state index is 11.3. The average molecular weight is 339 g/mol. The van der Waals surface area contributed by atoms with Crippen LogP contribution in [0.25, 0.3) is 0 Å². The minimum atomic E-state index is -1.73. The molecule has 8 nitrogen and oxygen atoms in total.